The summed E-state index contributed by atoms with van der Waals surface area (Å²) in [6.45, 7) is 0. The Labute approximate surface area is 184 Å². The van der Waals surface area contributed by atoms with Crippen molar-refractivity contribution in [3.63, 3.8) is 0 Å². The van der Waals surface area contributed by atoms with Crippen LogP contribution in [-0.2, 0) is 9.59 Å². The van der Waals surface area contributed by atoms with Crippen molar-refractivity contribution in [1.29, 1.82) is 0 Å². The maximum atomic E-state index is 12.2. The Hall–Kier alpha value is -3.54. The van der Waals surface area contributed by atoms with Gasteiger partial charge in [0.05, 0.1) is 32.0 Å². The van der Waals surface area contributed by atoms with Crippen LogP contribution in [0.4, 0.5) is 11.4 Å². The van der Waals surface area contributed by atoms with Gasteiger partial charge in [-0.2, -0.15) is 0 Å². The Morgan fingerprint density at radius 1 is 0.742 bits per heavy atom. The molecule has 0 spiro atoms. The fourth-order valence-electron chi connectivity index (χ4n) is 3.00. The van der Waals surface area contributed by atoms with Crippen LogP contribution in [0.25, 0.3) is 12.2 Å². The number of hydrogen-bond acceptors (Lipinski definition) is 6. The normalized spacial score (nSPS) is 11.0. The highest BCUT2D eigenvalue weighted by molar-refractivity contribution is 6.10. The molecule has 2 rings (SSSR count). The van der Waals surface area contributed by atoms with E-state index >= 15 is 0 Å². The second-order valence-electron chi connectivity index (χ2n) is 7.43. The molecule has 0 aliphatic rings. The molecule has 0 saturated heterocycles. The highest BCUT2D eigenvalue weighted by Crippen LogP contribution is 2.29. The summed E-state index contributed by atoms with van der Waals surface area (Å²) in [5, 5.41) is 0. The molecular formula is C25H30N2O4. The van der Waals surface area contributed by atoms with Crippen molar-refractivity contribution < 1.29 is 19.1 Å². The zero-order valence-electron chi connectivity index (χ0n) is 19.0. The van der Waals surface area contributed by atoms with Crippen molar-refractivity contribution in [2.75, 3.05) is 52.2 Å². The molecule has 0 bridgehead atoms. The largest absolute Gasteiger partial charge is 0.495 e. The van der Waals surface area contributed by atoms with Gasteiger partial charge in [-0.3, -0.25) is 9.59 Å². The molecule has 0 aliphatic carbocycles. The lowest BCUT2D eigenvalue weighted by atomic mass is 10.1. The third-order valence-corrected chi connectivity index (χ3v) is 4.64. The van der Waals surface area contributed by atoms with E-state index in [2.05, 4.69) is 0 Å². The van der Waals surface area contributed by atoms with Crippen LogP contribution >= 0.6 is 0 Å². The minimum absolute atomic E-state index is 0.188. The molecule has 6 nitrogen and oxygen atoms in total. The van der Waals surface area contributed by atoms with Crippen LogP contribution in [0, 0.1) is 0 Å². The van der Waals surface area contributed by atoms with E-state index < -0.39 is 0 Å². The molecule has 31 heavy (non-hydrogen) atoms. The first-order chi connectivity index (χ1) is 14.7. The number of ketones is 2. The predicted molar refractivity (Wildman–Crippen MR) is 127 cm³/mol. The molecule has 0 amide bonds. The summed E-state index contributed by atoms with van der Waals surface area (Å²) < 4.78 is 10.8. The maximum absolute atomic E-state index is 12.2. The maximum Gasteiger partial charge on any atom is 0.163 e. The van der Waals surface area contributed by atoms with E-state index in [0.29, 0.717) is 11.5 Å². The first-order valence-electron chi connectivity index (χ1n) is 9.87. The topological polar surface area (TPSA) is 59.1 Å². The Balaban J connectivity index is 2.00. The monoisotopic (exact) mass is 422 g/mol. The highest BCUT2D eigenvalue weighted by atomic mass is 16.5. The molecule has 0 unspecified atom stereocenters. The van der Waals surface area contributed by atoms with Crippen molar-refractivity contribution in [3.05, 3.63) is 59.7 Å². The van der Waals surface area contributed by atoms with E-state index in [0.717, 1.165) is 22.5 Å². The number of nitrogens with zero attached hydrogens (tertiary/aromatic N) is 2. The third-order valence-electron chi connectivity index (χ3n) is 4.64. The van der Waals surface area contributed by atoms with Crippen molar-refractivity contribution in [1.82, 2.24) is 0 Å². The van der Waals surface area contributed by atoms with E-state index in [1.165, 1.54) is 12.2 Å². The number of rotatable bonds is 10. The van der Waals surface area contributed by atoms with Gasteiger partial charge < -0.3 is 19.3 Å². The van der Waals surface area contributed by atoms with Gasteiger partial charge in [-0.25, -0.2) is 0 Å². The number of carbonyl (C=O) groups excluding carboxylic acids is 2. The summed E-state index contributed by atoms with van der Waals surface area (Å²) in [6.07, 6.45) is 6.03. The minimum Gasteiger partial charge on any atom is -0.495 e. The zero-order valence-corrected chi connectivity index (χ0v) is 19.0. The first-order valence-corrected chi connectivity index (χ1v) is 9.87. The van der Waals surface area contributed by atoms with Gasteiger partial charge in [-0.05, 0) is 47.5 Å². The van der Waals surface area contributed by atoms with Gasteiger partial charge in [-0.1, -0.05) is 24.3 Å². The summed E-state index contributed by atoms with van der Waals surface area (Å²) >= 11 is 0. The van der Waals surface area contributed by atoms with E-state index in [1.54, 1.807) is 26.4 Å². The number of hydrogen-bond donors (Lipinski definition) is 0. The van der Waals surface area contributed by atoms with Gasteiger partial charge in [0.25, 0.3) is 0 Å². The van der Waals surface area contributed by atoms with Crippen LogP contribution in [-0.4, -0.2) is 54.0 Å². The van der Waals surface area contributed by atoms with E-state index in [-0.39, 0.29) is 18.0 Å². The highest BCUT2D eigenvalue weighted by Gasteiger charge is 2.08. The number of ether oxygens (including phenoxy) is 2. The summed E-state index contributed by atoms with van der Waals surface area (Å²) in [5.74, 6) is 0.917. The zero-order chi connectivity index (χ0) is 23.0. The second kappa shape index (κ2) is 11.0. The van der Waals surface area contributed by atoms with Crippen molar-refractivity contribution in [2.45, 2.75) is 6.42 Å². The number of benzene rings is 2. The van der Waals surface area contributed by atoms with Gasteiger partial charge >= 0.3 is 0 Å². The molecule has 0 radical (unpaired) electrons. The summed E-state index contributed by atoms with van der Waals surface area (Å²) in [6, 6.07) is 11.3. The lowest BCUT2D eigenvalue weighted by molar-refractivity contribution is -0.121. The van der Waals surface area contributed by atoms with E-state index in [1.807, 2.05) is 74.4 Å². The van der Waals surface area contributed by atoms with Crippen molar-refractivity contribution in [2.24, 2.45) is 0 Å². The SMILES string of the molecule is COc1cc(C=CC(=O)CC(=O)C=Cc2ccc(N(C)C)c(OC)c2)ccc1N(C)C. The standard InChI is InChI=1S/C25H30N2O4/c1-26(2)22-13-9-18(15-24(22)30-5)7-11-20(28)17-21(29)12-8-19-10-14-23(27(3)4)25(16-19)31-6/h7-16H,17H2,1-6H3. The van der Waals surface area contributed by atoms with Crippen LogP contribution < -0.4 is 19.3 Å². The fourth-order valence-corrected chi connectivity index (χ4v) is 3.00. The van der Waals surface area contributed by atoms with Crippen LogP contribution in [0.1, 0.15) is 17.5 Å². The Morgan fingerprint density at radius 2 is 1.13 bits per heavy atom. The molecule has 2 aromatic carbocycles. The second-order valence-corrected chi connectivity index (χ2v) is 7.43. The first kappa shape index (κ1) is 23.7. The number of allylic oxidation sites excluding steroid dienone is 2. The molecule has 6 heteroatoms. The van der Waals surface area contributed by atoms with Gasteiger partial charge in [-0.15, -0.1) is 0 Å². The van der Waals surface area contributed by atoms with Gasteiger partial charge in [0.2, 0.25) is 0 Å². The molecule has 0 atom stereocenters. The minimum atomic E-state index is -0.258. The molecule has 0 fully saturated rings. The average molecular weight is 423 g/mol. The molecule has 164 valence electrons. The quantitative estimate of drug-likeness (QED) is 0.425. The van der Waals surface area contributed by atoms with Gasteiger partial charge in [0.15, 0.2) is 11.6 Å². The fraction of sp³-hybridized carbons (Fsp3) is 0.280. The smallest absolute Gasteiger partial charge is 0.163 e. The number of anilines is 2. The molecule has 0 saturated carbocycles. The third kappa shape index (κ3) is 6.74. The molecule has 2 aromatic rings. The molecule has 0 aromatic heterocycles. The molecule has 0 aliphatic heterocycles. The van der Waals surface area contributed by atoms with E-state index in [4.69, 9.17) is 9.47 Å². The predicted octanol–water partition coefficient (Wildman–Crippen LogP) is 4.09. The lowest BCUT2D eigenvalue weighted by Crippen LogP contribution is -2.10. The van der Waals surface area contributed by atoms with Crippen LogP contribution in [0.2, 0.25) is 0 Å². The van der Waals surface area contributed by atoms with Crippen molar-refractivity contribution in [3.8, 4) is 11.5 Å². The summed E-state index contributed by atoms with van der Waals surface area (Å²) in [5.41, 5.74) is 3.54. The van der Waals surface area contributed by atoms with Gasteiger partial charge in [0, 0.05) is 28.2 Å². The molecular weight excluding hydrogens is 392 g/mol. The number of methoxy groups -OCH3 is 2. The summed E-state index contributed by atoms with van der Waals surface area (Å²) in [7, 11) is 10.9. The van der Waals surface area contributed by atoms with E-state index in [9.17, 15) is 9.59 Å². The van der Waals surface area contributed by atoms with Crippen molar-refractivity contribution >= 4 is 35.1 Å². The van der Waals surface area contributed by atoms with Crippen LogP contribution in [0.15, 0.2) is 48.6 Å². The van der Waals surface area contributed by atoms with Crippen LogP contribution in [0.3, 0.4) is 0 Å². The van der Waals surface area contributed by atoms with Gasteiger partial charge in [0.1, 0.15) is 11.5 Å². The van der Waals surface area contributed by atoms with Crippen LogP contribution in [0.5, 0.6) is 11.5 Å². The summed E-state index contributed by atoms with van der Waals surface area (Å²) in [4.78, 5) is 28.3. The lowest BCUT2D eigenvalue weighted by Gasteiger charge is -2.16. The Morgan fingerprint density at radius 3 is 1.45 bits per heavy atom. The molecule has 0 N–H and O–H groups in total. The average Bonchev–Trinajstić information content (AvgIpc) is 2.75. The molecule has 0 heterocycles. The number of carbonyl (C=O) groups is 2. The Bertz CT molecular complexity index is 912. The Kier molecular flexibility index (Phi) is 8.43.